The third-order valence-electron chi connectivity index (χ3n) is 3.52. The van der Waals surface area contributed by atoms with Gasteiger partial charge in [-0.25, -0.2) is 0 Å². The number of carbonyl (C=O) groups is 2. The van der Waals surface area contributed by atoms with E-state index in [4.69, 9.17) is 27.9 Å². The van der Waals surface area contributed by atoms with Crippen molar-refractivity contribution in [1.29, 1.82) is 0 Å². The highest BCUT2D eigenvalue weighted by Gasteiger charge is 2.16. The van der Waals surface area contributed by atoms with E-state index in [9.17, 15) is 9.59 Å². The number of methoxy groups -OCH3 is 1. The maximum absolute atomic E-state index is 12.2. The minimum atomic E-state index is -0.237. The first-order chi connectivity index (χ1) is 11.9. The summed E-state index contributed by atoms with van der Waals surface area (Å²) in [6, 6.07) is 12.0. The number of hydrogen-bond acceptors (Lipinski definition) is 3. The third-order valence-corrected chi connectivity index (χ3v) is 4.14. The monoisotopic (exact) mass is 380 g/mol. The highest BCUT2D eigenvalue weighted by Crippen LogP contribution is 2.28. The molecule has 0 saturated carbocycles. The minimum absolute atomic E-state index is 0.119. The van der Waals surface area contributed by atoms with Crippen molar-refractivity contribution in [2.45, 2.75) is 13.3 Å². The number of anilines is 2. The average molecular weight is 381 g/mol. The topological polar surface area (TPSA) is 58.6 Å². The molecule has 25 heavy (non-hydrogen) atoms. The van der Waals surface area contributed by atoms with Gasteiger partial charge in [0.05, 0.1) is 22.8 Å². The first-order valence-corrected chi connectivity index (χ1v) is 8.34. The van der Waals surface area contributed by atoms with Gasteiger partial charge in [0.1, 0.15) is 5.75 Å². The summed E-state index contributed by atoms with van der Waals surface area (Å²) in [6.07, 6.45) is 0.119. The molecule has 2 amide bonds. The van der Waals surface area contributed by atoms with Crippen LogP contribution in [-0.2, 0) is 9.59 Å². The van der Waals surface area contributed by atoms with Crippen LogP contribution in [0, 0.1) is 0 Å². The number of carbonyl (C=O) groups excluding carboxylic acids is 2. The van der Waals surface area contributed by atoms with Gasteiger partial charge in [0.15, 0.2) is 0 Å². The Morgan fingerprint density at radius 1 is 1.12 bits per heavy atom. The second-order valence-corrected chi connectivity index (χ2v) is 6.08. The molecule has 0 spiro atoms. The number of nitrogens with one attached hydrogen (secondary N) is 1. The fourth-order valence-electron chi connectivity index (χ4n) is 2.30. The van der Waals surface area contributed by atoms with Crippen molar-refractivity contribution < 1.29 is 14.3 Å². The summed E-state index contributed by atoms with van der Waals surface area (Å²) in [7, 11) is 1.52. The Kier molecular flexibility index (Phi) is 6.67. The predicted octanol–water partition coefficient (Wildman–Crippen LogP) is 4.38. The maximum Gasteiger partial charge on any atom is 0.226 e. The van der Waals surface area contributed by atoms with Crippen LogP contribution in [0.5, 0.6) is 5.75 Å². The van der Waals surface area contributed by atoms with E-state index in [1.54, 1.807) is 42.5 Å². The Bertz CT molecular complexity index is 781. The van der Waals surface area contributed by atoms with Crippen molar-refractivity contribution in [3.8, 4) is 5.75 Å². The van der Waals surface area contributed by atoms with Crippen molar-refractivity contribution >= 4 is 46.4 Å². The van der Waals surface area contributed by atoms with Crippen LogP contribution in [-0.4, -0.2) is 25.5 Å². The van der Waals surface area contributed by atoms with E-state index in [0.29, 0.717) is 27.2 Å². The van der Waals surface area contributed by atoms with E-state index in [1.165, 1.54) is 18.9 Å². The molecule has 2 aromatic carbocycles. The summed E-state index contributed by atoms with van der Waals surface area (Å²) in [5.74, 6) is 0.106. The lowest BCUT2D eigenvalue weighted by atomic mass is 10.2. The molecule has 1 N–H and O–H groups in total. The average Bonchev–Trinajstić information content (AvgIpc) is 2.56. The second-order valence-electron chi connectivity index (χ2n) is 5.27. The fourth-order valence-corrected chi connectivity index (χ4v) is 2.79. The number of para-hydroxylation sites is 1. The van der Waals surface area contributed by atoms with E-state index in [-0.39, 0.29) is 24.8 Å². The summed E-state index contributed by atoms with van der Waals surface area (Å²) >= 11 is 12.2. The lowest BCUT2D eigenvalue weighted by molar-refractivity contribution is -0.117. The summed E-state index contributed by atoms with van der Waals surface area (Å²) in [4.78, 5) is 25.5. The van der Waals surface area contributed by atoms with Crippen molar-refractivity contribution in [3.05, 3.63) is 52.5 Å². The van der Waals surface area contributed by atoms with Crippen LogP contribution in [0.2, 0.25) is 10.0 Å². The highest BCUT2D eigenvalue weighted by atomic mass is 35.5. The number of hydrogen-bond donors (Lipinski definition) is 1. The number of rotatable bonds is 6. The molecule has 0 atom stereocenters. The Morgan fingerprint density at radius 2 is 1.84 bits per heavy atom. The van der Waals surface area contributed by atoms with Gasteiger partial charge >= 0.3 is 0 Å². The Hall–Kier alpha value is -2.24. The molecule has 0 fully saturated rings. The van der Waals surface area contributed by atoms with E-state index in [0.717, 1.165) is 0 Å². The summed E-state index contributed by atoms with van der Waals surface area (Å²) in [5, 5.41) is 3.61. The van der Waals surface area contributed by atoms with E-state index in [1.807, 2.05) is 0 Å². The number of halogens is 2. The molecule has 0 aliphatic carbocycles. The van der Waals surface area contributed by atoms with E-state index in [2.05, 4.69) is 5.32 Å². The molecule has 0 aliphatic rings. The molecule has 5 nitrogen and oxygen atoms in total. The number of benzene rings is 2. The van der Waals surface area contributed by atoms with Gasteiger partial charge in [-0.05, 0) is 30.3 Å². The lowest BCUT2D eigenvalue weighted by Crippen LogP contribution is -2.32. The first-order valence-electron chi connectivity index (χ1n) is 7.58. The zero-order valence-electron chi connectivity index (χ0n) is 13.9. The van der Waals surface area contributed by atoms with Gasteiger partial charge in [0.2, 0.25) is 11.8 Å². The normalized spacial score (nSPS) is 10.2. The molecule has 0 radical (unpaired) electrons. The molecule has 0 aliphatic heterocycles. The molecule has 0 bridgehead atoms. The van der Waals surface area contributed by atoms with Gasteiger partial charge in [-0.3, -0.25) is 9.59 Å². The van der Waals surface area contributed by atoms with Gasteiger partial charge < -0.3 is 15.0 Å². The van der Waals surface area contributed by atoms with Gasteiger partial charge in [-0.2, -0.15) is 0 Å². The van der Waals surface area contributed by atoms with Crippen LogP contribution in [0.25, 0.3) is 0 Å². The molecular formula is C18H18Cl2N2O3. The SMILES string of the molecule is COc1ccc(NC(=O)CCN(C(C)=O)c2ccccc2Cl)cc1Cl. The van der Waals surface area contributed by atoms with Crippen molar-refractivity contribution in [2.24, 2.45) is 0 Å². The Labute approximate surface area is 156 Å². The largest absolute Gasteiger partial charge is 0.495 e. The van der Waals surface area contributed by atoms with Crippen molar-refractivity contribution in [3.63, 3.8) is 0 Å². The molecule has 7 heteroatoms. The summed E-state index contributed by atoms with van der Waals surface area (Å²) in [6.45, 7) is 1.65. The first kappa shape index (κ1) is 19.1. The van der Waals surface area contributed by atoms with Crippen LogP contribution >= 0.6 is 23.2 Å². The van der Waals surface area contributed by atoms with Crippen LogP contribution < -0.4 is 15.0 Å². The molecule has 0 aromatic heterocycles. The van der Waals surface area contributed by atoms with Crippen molar-refractivity contribution in [1.82, 2.24) is 0 Å². The lowest BCUT2D eigenvalue weighted by Gasteiger charge is -2.22. The Balaban J connectivity index is 2.01. The number of ether oxygens (including phenoxy) is 1. The quantitative estimate of drug-likeness (QED) is 0.808. The standard InChI is InChI=1S/C18H18Cl2N2O3/c1-12(23)22(16-6-4-3-5-14(16)19)10-9-18(24)21-13-7-8-17(25-2)15(20)11-13/h3-8,11H,9-10H2,1-2H3,(H,21,24). The van der Waals surface area contributed by atoms with Crippen LogP contribution in [0.1, 0.15) is 13.3 Å². The van der Waals surface area contributed by atoms with Crippen molar-refractivity contribution in [2.75, 3.05) is 23.9 Å². The molecule has 0 saturated heterocycles. The summed E-state index contributed by atoms with van der Waals surface area (Å²) < 4.78 is 5.07. The number of nitrogens with zero attached hydrogens (tertiary/aromatic N) is 1. The fraction of sp³-hybridized carbons (Fsp3) is 0.222. The molecule has 0 heterocycles. The maximum atomic E-state index is 12.2. The van der Waals surface area contributed by atoms with Crippen LogP contribution in [0.15, 0.2) is 42.5 Å². The predicted molar refractivity (Wildman–Crippen MR) is 101 cm³/mol. The third kappa shape index (κ3) is 5.11. The smallest absolute Gasteiger partial charge is 0.226 e. The van der Waals surface area contributed by atoms with Gasteiger partial charge in [-0.1, -0.05) is 35.3 Å². The second kappa shape index (κ2) is 8.74. The minimum Gasteiger partial charge on any atom is -0.495 e. The summed E-state index contributed by atoms with van der Waals surface area (Å²) in [5.41, 5.74) is 1.14. The van der Waals surface area contributed by atoms with Gasteiger partial charge in [-0.15, -0.1) is 0 Å². The molecule has 2 aromatic rings. The molecule has 0 unspecified atom stereocenters. The van der Waals surface area contributed by atoms with Crippen LogP contribution in [0.3, 0.4) is 0 Å². The van der Waals surface area contributed by atoms with E-state index >= 15 is 0 Å². The van der Waals surface area contributed by atoms with Gasteiger partial charge in [0, 0.05) is 25.6 Å². The molecule has 132 valence electrons. The zero-order valence-corrected chi connectivity index (χ0v) is 15.4. The van der Waals surface area contributed by atoms with E-state index < -0.39 is 0 Å². The molecule has 2 rings (SSSR count). The van der Waals surface area contributed by atoms with Gasteiger partial charge in [0.25, 0.3) is 0 Å². The zero-order chi connectivity index (χ0) is 18.4. The number of amides is 2. The highest BCUT2D eigenvalue weighted by molar-refractivity contribution is 6.33. The molecular weight excluding hydrogens is 363 g/mol. The Morgan fingerprint density at radius 3 is 2.44 bits per heavy atom. The van der Waals surface area contributed by atoms with Crippen LogP contribution in [0.4, 0.5) is 11.4 Å².